The van der Waals surface area contributed by atoms with Crippen LogP contribution in [0.4, 0.5) is 5.69 Å². The Hall–Kier alpha value is -1.29. The van der Waals surface area contributed by atoms with E-state index in [1.54, 1.807) is 16.7 Å². The number of hydrogen-bond donors (Lipinski definition) is 0. The number of fused-ring (bicyclic) bond motifs is 1. The third-order valence-corrected chi connectivity index (χ3v) is 3.94. The average molecular weight is 263 g/mol. The van der Waals surface area contributed by atoms with Crippen molar-refractivity contribution in [3.05, 3.63) is 28.8 Å². The largest absolute Gasteiger partial charge is 0.304 e. The molecule has 4 heteroatoms. The molecule has 0 saturated carbocycles. The summed E-state index contributed by atoms with van der Waals surface area (Å²) in [4.78, 5) is 25.6. The Balaban J connectivity index is 2.36. The smallest absolute Gasteiger partial charge is 0.299 e. The van der Waals surface area contributed by atoms with Crippen LogP contribution in [0, 0.1) is 13.8 Å². The lowest BCUT2D eigenvalue weighted by atomic mass is 10.0. The van der Waals surface area contributed by atoms with Gasteiger partial charge in [-0.05, 0) is 36.8 Å². The molecule has 0 aliphatic carbocycles. The van der Waals surface area contributed by atoms with Gasteiger partial charge in [0.1, 0.15) is 0 Å². The summed E-state index contributed by atoms with van der Waals surface area (Å²) in [7, 11) is 0. The van der Waals surface area contributed by atoms with Crippen molar-refractivity contribution in [2.24, 2.45) is 0 Å². The van der Waals surface area contributed by atoms with Crippen LogP contribution in [0.2, 0.25) is 0 Å². The van der Waals surface area contributed by atoms with Crippen LogP contribution in [0.1, 0.15) is 28.4 Å². The van der Waals surface area contributed by atoms with E-state index in [2.05, 4.69) is 6.92 Å². The van der Waals surface area contributed by atoms with E-state index in [4.69, 9.17) is 0 Å². The molecule has 18 heavy (non-hydrogen) atoms. The molecule has 0 unspecified atom stereocenters. The number of amides is 1. The Morgan fingerprint density at radius 3 is 2.61 bits per heavy atom. The van der Waals surface area contributed by atoms with E-state index in [9.17, 15) is 9.59 Å². The standard InChI is InChI=1S/C14H17NO2S/c1-4-18-6-5-15-12-10(3)7-9(2)8-11(12)13(16)14(15)17/h7-8H,4-6H2,1-3H3. The molecule has 0 bridgehead atoms. The normalized spacial score (nSPS) is 14.3. The van der Waals surface area contributed by atoms with Crippen molar-refractivity contribution in [3.63, 3.8) is 0 Å². The van der Waals surface area contributed by atoms with Gasteiger partial charge in [-0.1, -0.05) is 13.0 Å². The first-order chi connectivity index (χ1) is 8.56. The zero-order valence-corrected chi connectivity index (χ0v) is 11.8. The summed E-state index contributed by atoms with van der Waals surface area (Å²) in [5.41, 5.74) is 3.41. The van der Waals surface area contributed by atoms with Gasteiger partial charge in [-0.25, -0.2) is 0 Å². The first kappa shape index (κ1) is 13.1. The fourth-order valence-corrected chi connectivity index (χ4v) is 2.94. The molecule has 1 aliphatic rings. The minimum absolute atomic E-state index is 0.363. The van der Waals surface area contributed by atoms with Crippen LogP contribution in [0.25, 0.3) is 0 Å². The number of aryl methyl sites for hydroxylation is 2. The van der Waals surface area contributed by atoms with E-state index < -0.39 is 0 Å². The molecule has 2 rings (SSSR count). The Bertz CT molecular complexity index is 511. The quantitative estimate of drug-likeness (QED) is 0.619. The molecule has 1 aromatic rings. The van der Waals surface area contributed by atoms with Crippen molar-refractivity contribution in [2.45, 2.75) is 20.8 Å². The second-order valence-corrected chi connectivity index (χ2v) is 5.85. The van der Waals surface area contributed by atoms with E-state index in [1.165, 1.54) is 0 Å². The van der Waals surface area contributed by atoms with Gasteiger partial charge in [0.05, 0.1) is 11.3 Å². The second-order valence-electron chi connectivity index (χ2n) is 4.46. The number of anilines is 1. The Labute approximate surface area is 112 Å². The van der Waals surface area contributed by atoms with Gasteiger partial charge in [0, 0.05) is 12.3 Å². The monoisotopic (exact) mass is 263 g/mol. The second kappa shape index (κ2) is 5.14. The van der Waals surface area contributed by atoms with E-state index in [-0.39, 0.29) is 11.7 Å². The van der Waals surface area contributed by atoms with Crippen molar-refractivity contribution in [1.82, 2.24) is 0 Å². The van der Waals surface area contributed by atoms with Crippen molar-refractivity contribution in [2.75, 3.05) is 23.0 Å². The first-order valence-corrected chi connectivity index (χ1v) is 7.27. The molecule has 0 atom stereocenters. The molecule has 96 valence electrons. The molecule has 1 aliphatic heterocycles. The lowest BCUT2D eigenvalue weighted by Crippen LogP contribution is -2.32. The highest BCUT2D eigenvalue weighted by Crippen LogP contribution is 2.33. The summed E-state index contributed by atoms with van der Waals surface area (Å²) in [5, 5.41) is 0. The van der Waals surface area contributed by atoms with Gasteiger partial charge < -0.3 is 4.90 Å². The first-order valence-electron chi connectivity index (χ1n) is 6.11. The number of carbonyl (C=O) groups excluding carboxylic acids is 2. The summed E-state index contributed by atoms with van der Waals surface area (Å²) in [6, 6.07) is 3.83. The van der Waals surface area contributed by atoms with Crippen LogP contribution >= 0.6 is 11.8 Å². The Kier molecular flexibility index (Phi) is 3.76. The molecular formula is C14H17NO2S. The minimum Gasteiger partial charge on any atom is -0.304 e. The summed E-state index contributed by atoms with van der Waals surface area (Å²) in [6.45, 7) is 6.60. The molecule has 1 aromatic carbocycles. The van der Waals surface area contributed by atoms with Gasteiger partial charge in [0.15, 0.2) is 0 Å². The highest BCUT2D eigenvalue weighted by atomic mass is 32.2. The van der Waals surface area contributed by atoms with Crippen LogP contribution in [0.5, 0.6) is 0 Å². The molecule has 0 spiro atoms. The minimum atomic E-state index is -0.379. The number of Topliss-reactive ketones (excluding diaryl/α,β-unsaturated/α-hetero) is 1. The topological polar surface area (TPSA) is 37.4 Å². The van der Waals surface area contributed by atoms with E-state index in [0.717, 1.165) is 28.3 Å². The Morgan fingerprint density at radius 1 is 1.22 bits per heavy atom. The van der Waals surface area contributed by atoms with Crippen LogP contribution in [-0.2, 0) is 4.79 Å². The molecule has 0 radical (unpaired) electrons. The Morgan fingerprint density at radius 2 is 1.94 bits per heavy atom. The average Bonchev–Trinajstić information content (AvgIpc) is 2.55. The number of hydrogen-bond acceptors (Lipinski definition) is 3. The maximum absolute atomic E-state index is 12.0. The molecule has 0 saturated heterocycles. The van der Waals surface area contributed by atoms with E-state index >= 15 is 0 Å². The van der Waals surface area contributed by atoms with Crippen molar-refractivity contribution >= 4 is 29.1 Å². The summed E-state index contributed by atoms with van der Waals surface area (Å²) < 4.78 is 0. The van der Waals surface area contributed by atoms with Gasteiger partial charge in [-0.2, -0.15) is 11.8 Å². The van der Waals surface area contributed by atoms with Crippen LogP contribution < -0.4 is 4.90 Å². The van der Waals surface area contributed by atoms with Gasteiger partial charge in [-0.15, -0.1) is 0 Å². The van der Waals surface area contributed by atoms with Crippen molar-refractivity contribution in [1.29, 1.82) is 0 Å². The zero-order chi connectivity index (χ0) is 13.3. The third-order valence-electron chi connectivity index (χ3n) is 3.06. The summed E-state index contributed by atoms with van der Waals surface area (Å²) in [5.74, 6) is 1.14. The van der Waals surface area contributed by atoms with Crippen molar-refractivity contribution in [3.8, 4) is 0 Å². The lowest BCUT2D eigenvalue weighted by Gasteiger charge is -2.18. The van der Waals surface area contributed by atoms with Gasteiger partial charge >= 0.3 is 0 Å². The number of carbonyl (C=O) groups is 2. The number of thioether (sulfide) groups is 1. The summed E-state index contributed by atoms with van der Waals surface area (Å²) >= 11 is 1.78. The highest BCUT2D eigenvalue weighted by molar-refractivity contribution is 7.99. The van der Waals surface area contributed by atoms with Crippen molar-refractivity contribution < 1.29 is 9.59 Å². The van der Waals surface area contributed by atoms with Gasteiger partial charge in [0.2, 0.25) is 0 Å². The van der Waals surface area contributed by atoms with Crippen LogP contribution in [0.3, 0.4) is 0 Å². The van der Waals surface area contributed by atoms with Gasteiger partial charge in [0.25, 0.3) is 11.7 Å². The van der Waals surface area contributed by atoms with E-state index in [1.807, 2.05) is 26.0 Å². The molecule has 0 aromatic heterocycles. The summed E-state index contributed by atoms with van der Waals surface area (Å²) in [6.07, 6.45) is 0. The maximum atomic E-state index is 12.0. The predicted molar refractivity (Wildman–Crippen MR) is 75.6 cm³/mol. The molecular weight excluding hydrogens is 246 g/mol. The number of benzene rings is 1. The van der Waals surface area contributed by atoms with Gasteiger partial charge in [-0.3, -0.25) is 9.59 Å². The van der Waals surface area contributed by atoms with E-state index in [0.29, 0.717) is 12.1 Å². The van der Waals surface area contributed by atoms with Crippen LogP contribution in [-0.4, -0.2) is 29.7 Å². The SMILES string of the molecule is CCSCCN1C(=O)C(=O)c2cc(C)cc(C)c21. The molecule has 1 heterocycles. The maximum Gasteiger partial charge on any atom is 0.299 e. The molecule has 3 nitrogen and oxygen atoms in total. The number of rotatable bonds is 4. The number of ketones is 1. The molecule has 0 N–H and O–H groups in total. The molecule has 0 fully saturated rings. The lowest BCUT2D eigenvalue weighted by molar-refractivity contribution is -0.114. The fourth-order valence-electron chi connectivity index (χ4n) is 2.34. The predicted octanol–water partition coefficient (Wildman–Crippen LogP) is 2.59. The molecule has 1 amide bonds. The highest BCUT2D eigenvalue weighted by Gasteiger charge is 2.36. The number of nitrogens with zero attached hydrogens (tertiary/aromatic N) is 1. The van der Waals surface area contributed by atoms with Crippen LogP contribution in [0.15, 0.2) is 12.1 Å². The fraction of sp³-hybridized carbons (Fsp3) is 0.429. The zero-order valence-electron chi connectivity index (χ0n) is 10.9. The third kappa shape index (κ3) is 2.17.